The van der Waals surface area contributed by atoms with Crippen molar-refractivity contribution in [2.24, 2.45) is 0 Å². The quantitative estimate of drug-likeness (QED) is 0.800. The number of nitrogens with zero attached hydrogens (tertiary/aromatic N) is 2. The highest BCUT2D eigenvalue weighted by Gasteiger charge is 2.09. The molecule has 0 unspecified atom stereocenters. The molecule has 0 fully saturated rings. The number of amides is 1. The fraction of sp³-hybridized carbons (Fsp3) is 0.0625. The largest absolute Gasteiger partial charge is 0.290 e. The summed E-state index contributed by atoms with van der Waals surface area (Å²) in [6, 6.07) is 13.5. The van der Waals surface area contributed by atoms with Gasteiger partial charge in [0.1, 0.15) is 0 Å². The highest BCUT2D eigenvalue weighted by Crippen LogP contribution is 2.18. The fourth-order valence-electron chi connectivity index (χ4n) is 1.87. The van der Waals surface area contributed by atoms with Gasteiger partial charge in [0.25, 0.3) is 5.91 Å². The maximum absolute atomic E-state index is 12.0. The zero-order valence-corrected chi connectivity index (χ0v) is 12.2. The van der Waals surface area contributed by atoms with E-state index in [1.165, 1.54) is 16.9 Å². The number of anilines is 1. The number of carbonyl (C=O) groups is 1. The molecule has 2 heterocycles. The van der Waals surface area contributed by atoms with E-state index in [0.717, 1.165) is 11.3 Å². The van der Waals surface area contributed by atoms with E-state index in [1.807, 2.05) is 48.7 Å². The van der Waals surface area contributed by atoms with Crippen LogP contribution in [0.4, 0.5) is 5.95 Å². The predicted molar refractivity (Wildman–Crippen MR) is 84.5 cm³/mol. The molecule has 1 aromatic carbocycles. The van der Waals surface area contributed by atoms with Crippen molar-refractivity contribution in [1.29, 1.82) is 0 Å². The van der Waals surface area contributed by atoms with E-state index in [9.17, 15) is 4.79 Å². The van der Waals surface area contributed by atoms with Crippen LogP contribution in [0.15, 0.2) is 54.0 Å². The maximum atomic E-state index is 12.0. The van der Waals surface area contributed by atoms with Crippen molar-refractivity contribution < 1.29 is 4.79 Å². The molecule has 1 amide bonds. The summed E-state index contributed by atoms with van der Waals surface area (Å²) in [7, 11) is 0. The smallest absolute Gasteiger partial charge is 0.268 e. The Balaban J connectivity index is 1.83. The van der Waals surface area contributed by atoms with Crippen LogP contribution in [0.3, 0.4) is 0 Å². The van der Waals surface area contributed by atoms with Gasteiger partial charge in [-0.3, -0.25) is 10.1 Å². The first-order valence-corrected chi connectivity index (χ1v) is 7.35. The number of hydrogen-bond acceptors (Lipinski definition) is 4. The number of carbonyl (C=O) groups excluding carboxylic acids is 1. The number of rotatable bonds is 3. The number of nitrogens with one attached hydrogen (secondary N) is 1. The van der Waals surface area contributed by atoms with Crippen LogP contribution in [0, 0.1) is 6.92 Å². The summed E-state index contributed by atoms with van der Waals surface area (Å²) in [5.74, 6) is 0.123. The summed E-state index contributed by atoms with van der Waals surface area (Å²) in [4.78, 5) is 21.1. The van der Waals surface area contributed by atoms with Gasteiger partial charge in [-0.2, -0.15) is 0 Å². The number of aromatic nitrogens is 2. The molecule has 0 saturated heterocycles. The van der Waals surface area contributed by atoms with E-state index in [0.29, 0.717) is 10.8 Å². The molecular weight excluding hydrogens is 282 g/mol. The lowest BCUT2D eigenvalue weighted by Gasteiger charge is -2.05. The monoisotopic (exact) mass is 295 g/mol. The van der Waals surface area contributed by atoms with E-state index in [-0.39, 0.29) is 5.91 Å². The van der Waals surface area contributed by atoms with Gasteiger partial charge in [-0.25, -0.2) is 9.97 Å². The number of benzene rings is 1. The van der Waals surface area contributed by atoms with Crippen molar-refractivity contribution in [3.8, 4) is 11.3 Å². The molecule has 3 rings (SSSR count). The van der Waals surface area contributed by atoms with Gasteiger partial charge in [-0.1, -0.05) is 35.9 Å². The second-order valence-corrected chi connectivity index (χ2v) is 5.51. The molecular formula is C16H13N3OS. The normalized spacial score (nSPS) is 10.3. The molecule has 5 heteroatoms. The Bertz CT molecular complexity index is 751. The van der Waals surface area contributed by atoms with E-state index in [2.05, 4.69) is 15.3 Å². The average molecular weight is 295 g/mol. The maximum Gasteiger partial charge on any atom is 0.268 e. The van der Waals surface area contributed by atoms with Gasteiger partial charge in [0, 0.05) is 11.8 Å². The second-order valence-electron chi connectivity index (χ2n) is 4.56. The lowest BCUT2D eigenvalue weighted by atomic mass is 10.1. The molecule has 2 aromatic heterocycles. The second kappa shape index (κ2) is 5.85. The molecule has 0 bridgehead atoms. The minimum Gasteiger partial charge on any atom is -0.290 e. The van der Waals surface area contributed by atoms with Crippen molar-refractivity contribution >= 4 is 23.2 Å². The van der Waals surface area contributed by atoms with Crippen LogP contribution in [-0.4, -0.2) is 15.9 Å². The summed E-state index contributed by atoms with van der Waals surface area (Å²) in [5.41, 5.74) is 2.97. The van der Waals surface area contributed by atoms with E-state index < -0.39 is 0 Å². The summed E-state index contributed by atoms with van der Waals surface area (Å²) >= 11 is 1.38. The molecule has 0 aliphatic carbocycles. The first-order valence-electron chi connectivity index (χ1n) is 6.47. The molecule has 0 aliphatic rings. The van der Waals surface area contributed by atoms with Crippen molar-refractivity contribution in [2.45, 2.75) is 6.92 Å². The Kier molecular flexibility index (Phi) is 3.75. The zero-order chi connectivity index (χ0) is 14.7. The standard InChI is InChI=1S/C16H13N3OS/c1-11-4-6-12(7-5-11)13-8-9-17-16(18-13)19-15(20)14-3-2-10-21-14/h2-10H,1H3,(H,17,18,19,20). The van der Waals surface area contributed by atoms with Crippen LogP contribution in [-0.2, 0) is 0 Å². The van der Waals surface area contributed by atoms with Gasteiger partial charge in [0.05, 0.1) is 10.6 Å². The van der Waals surface area contributed by atoms with Crippen molar-refractivity contribution in [3.05, 3.63) is 64.5 Å². The SMILES string of the molecule is Cc1ccc(-c2ccnc(NC(=O)c3cccs3)n2)cc1. The molecule has 0 aliphatic heterocycles. The third-order valence-electron chi connectivity index (χ3n) is 2.97. The highest BCUT2D eigenvalue weighted by molar-refractivity contribution is 7.12. The van der Waals surface area contributed by atoms with Gasteiger partial charge in [0.15, 0.2) is 0 Å². The summed E-state index contributed by atoms with van der Waals surface area (Å²) in [6.07, 6.45) is 1.65. The van der Waals surface area contributed by atoms with Crippen LogP contribution in [0.1, 0.15) is 15.2 Å². The van der Waals surface area contributed by atoms with Gasteiger partial charge in [0.2, 0.25) is 5.95 Å². The third kappa shape index (κ3) is 3.14. The van der Waals surface area contributed by atoms with Crippen LogP contribution in [0.5, 0.6) is 0 Å². The average Bonchev–Trinajstić information content (AvgIpc) is 3.02. The molecule has 0 radical (unpaired) electrons. The molecule has 0 atom stereocenters. The van der Waals surface area contributed by atoms with Crippen molar-refractivity contribution in [3.63, 3.8) is 0 Å². The first-order chi connectivity index (χ1) is 10.2. The minimum absolute atomic E-state index is 0.189. The minimum atomic E-state index is -0.189. The Morgan fingerprint density at radius 1 is 1.14 bits per heavy atom. The summed E-state index contributed by atoms with van der Waals surface area (Å²) in [5, 5.41) is 4.57. The fourth-order valence-corrected chi connectivity index (χ4v) is 2.49. The molecule has 1 N–H and O–H groups in total. The zero-order valence-electron chi connectivity index (χ0n) is 11.4. The third-order valence-corrected chi connectivity index (χ3v) is 3.84. The molecule has 4 nitrogen and oxygen atoms in total. The van der Waals surface area contributed by atoms with Crippen LogP contribution < -0.4 is 5.32 Å². The molecule has 21 heavy (non-hydrogen) atoms. The van der Waals surface area contributed by atoms with E-state index in [4.69, 9.17) is 0 Å². The number of hydrogen-bond donors (Lipinski definition) is 1. The lowest BCUT2D eigenvalue weighted by Crippen LogP contribution is -2.12. The highest BCUT2D eigenvalue weighted by atomic mass is 32.1. The molecule has 3 aromatic rings. The predicted octanol–water partition coefficient (Wildman–Crippen LogP) is 3.77. The van der Waals surface area contributed by atoms with Gasteiger partial charge >= 0.3 is 0 Å². The Morgan fingerprint density at radius 2 is 1.95 bits per heavy atom. The number of aryl methyl sites for hydroxylation is 1. The molecule has 0 spiro atoms. The van der Waals surface area contributed by atoms with Gasteiger partial charge in [-0.15, -0.1) is 11.3 Å². The van der Waals surface area contributed by atoms with Crippen molar-refractivity contribution in [1.82, 2.24) is 9.97 Å². The summed E-state index contributed by atoms with van der Waals surface area (Å²) in [6.45, 7) is 2.04. The van der Waals surface area contributed by atoms with Crippen molar-refractivity contribution in [2.75, 3.05) is 5.32 Å². The Labute approximate surface area is 126 Å². The van der Waals surface area contributed by atoms with E-state index >= 15 is 0 Å². The van der Waals surface area contributed by atoms with E-state index in [1.54, 1.807) is 12.3 Å². The van der Waals surface area contributed by atoms with Crippen LogP contribution in [0.25, 0.3) is 11.3 Å². The van der Waals surface area contributed by atoms with Gasteiger partial charge < -0.3 is 0 Å². The lowest BCUT2D eigenvalue weighted by molar-refractivity contribution is 0.102. The first kappa shape index (κ1) is 13.5. The Hall–Kier alpha value is -2.53. The molecule has 104 valence electrons. The number of thiophene rings is 1. The van der Waals surface area contributed by atoms with Gasteiger partial charge in [-0.05, 0) is 24.4 Å². The van der Waals surface area contributed by atoms with Crippen LogP contribution >= 0.6 is 11.3 Å². The topological polar surface area (TPSA) is 54.9 Å². The molecule has 0 saturated carbocycles. The summed E-state index contributed by atoms with van der Waals surface area (Å²) < 4.78 is 0. The van der Waals surface area contributed by atoms with Crippen LogP contribution in [0.2, 0.25) is 0 Å². The Morgan fingerprint density at radius 3 is 2.67 bits per heavy atom.